The van der Waals surface area contributed by atoms with E-state index in [4.69, 9.17) is 0 Å². The summed E-state index contributed by atoms with van der Waals surface area (Å²) >= 11 is 0. The Morgan fingerprint density at radius 3 is 2.50 bits per heavy atom. The predicted octanol–water partition coefficient (Wildman–Crippen LogP) is 4.07. The summed E-state index contributed by atoms with van der Waals surface area (Å²) in [5.74, 6) is -0.641. The summed E-state index contributed by atoms with van der Waals surface area (Å²) in [6, 6.07) is 25.5. The molecule has 6 nitrogen and oxygen atoms in total. The van der Waals surface area contributed by atoms with E-state index < -0.39 is 21.5 Å². The van der Waals surface area contributed by atoms with Crippen LogP contribution in [0.1, 0.15) is 17.5 Å². The van der Waals surface area contributed by atoms with E-state index in [0.29, 0.717) is 25.2 Å². The van der Waals surface area contributed by atoms with Crippen LogP contribution in [0.2, 0.25) is 0 Å². The number of rotatable bonds is 9. The highest BCUT2D eigenvalue weighted by Crippen LogP contribution is 2.20. The number of aromatic nitrogens is 2. The molecule has 0 radical (unpaired) electrons. The van der Waals surface area contributed by atoms with Gasteiger partial charge in [-0.15, -0.1) is 0 Å². The molecule has 32 heavy (non-hydrogen) atoms. The zero-order chi connectivity index (χ0) is 22.4. The van der Waals surface area contributed by atoms with Crippen molar-refractivity contribution in [3.05, 3.63) is 96.2 Å². The largest absolute Gasteiger partial charge is 0.310 e. The standard InChI is InChI=1S/C25H25N3O3S/c29-25(19-32(30,31)17-7-10-20-8-2-1-3-9-20)27-24-15-16-26-28(24)18-22-13-6-12-21-11-4-5-14-23(21)22/h1-6,8-9,11-16H,7,10,17-19H2,(H,27,29). The molecule has 0 spiro atoms. The van der Waals surface area contributed by atoms with E-state index in [1.54, 1.807) is 16.9 Å². The average Bonchev–Trinajstić information content (AvgIpc) is 3.20. The molecule has 1 amide bonds. The first-order valence-corrected chi connectivity index (χ1v) is 12.3. The molecule has 0 aliphatic rings. The topological polar surface area (TPSA) is 81.1 Å². The molecule has 4 aromatic rings. The minimum Gasteiger partial charge on any atom is -0.310 e. The minimum atomic E-state index is -3.50. The van der Waals surface area contributed by atoms with Gasteiger partial charge >= 0.3 is 0 Å². The van der Waals surface area contributed by atoms with Gasteiger partial charge in [0.15, 0.2) is 9.84 Å². The second-order valence-corrected chi connectivity index (χ2v) is 9.93. The van der Waals surface area contributed by atoms with Crippen molar-refractivity contribution in [1.29, 1.82) is 0 Å². The van der Waals surface area contributed by atoms with Crippen LogP contribution in [0.25, 0.3) is 10.8 Å². The van der Waals surface area contributed by atoms with Gasteiger partial charge in [0.25, 0.3) is 0 Å². The normalized spacial score (nSPS) is 11.5. The van der Waals surface area contributed by atoms with Crippen LogP contribution in [0.3, 0.4) is 0 Å². The maximum atomic E-state index is 12.4. The Labute approximate surface area is 187 Å². The van der Waals surface area contributed by atoms with Crippen molar-refractivity contribution >= 4 is 32.3 Å². The molecule has 1 N–H and O–H groups in total. The number of anilines is 1. The van der Waals surface area contributed by atoms with Crippen molar-refractivity contribution in [3.8, 4) is 0 Å². The number of hydrogen-bond donors (Lipinski definition) is 1. The SMILES string of the molecule is O=C(CS(=O)(=O)CCCc1ccccc1)Nc1ccnn1Cc1cccc2ccccc12. The van der Waals surface area contributed by atoms with Crippen LogP contribution < -0.4 is 5.32 Å². The minimum absolute atomic E-state index is 0.0232. The lowest BCUT2D eigenvalue weighted by Gasteiger charge is -2.11. The Morgan fingerprint density at radius 1 is 0.906 bits per heavy atom. The zero-order valence-electron chi connectivity index (χ0n) is 17.6. The van der Waals surface area contributed by atoms with Crippen molar-refractivity contribution in [3.63, 3.8) is 0 Å². The Morgan fingerprint density at radius 2 is 1.66 bits per heavy atom. The van der Waals surface area contributed by atoms with E-state index in [1.165, 1.54) is 0 Å². The third-order valence-electron chi connectivity index (χ3n) is 5.30. The molecule has 0 bridgehead atoms. The molecule has 3 aromatic carbocycles. The lowest BCUT2D eigenvalue weighted by molar-refractivity contribution is -0.113. The third-order valence-corrected chi connectivity index (χ3v) is 6.91. The highest BCUT2D eigenvalue weighted by atomic mass is 32.2. The van der Waals surface area contributed by atoms with Crippen LogP contribution in [0, 0.1) is 0 Å². The van der Waals surface area contributed by atoms with E-state index in [1.807, 2.05) is 66.7 Å². The number of amides is 1. The zero-order valence-corrected chi connectivity index (χ0v) is 18.5. The first-order chi connectivity index (χ1) is 15.5. The fourth-order valence-corrected chi connectivity index (χ4v) is 4.95. The maximum Gasteiger partial charge on any atom is 0.240 e. The molecule has 0 atom stereocenters. The van der Waals surface area contributed by atoms with Crippen molar-refractivity contribution in [2.75, 3.05) is 16.8 Å². The van der Waals surface area contributed by atoms with E-state index >= 15 is 0 Å². The van der Waals surface area contributed by atoms with Gasteiger partial charge in [0.05, 0.1) is 18.5 Å². The Bertz CT molecular complexity index is 1310. The number of nitrogens with zero attached hydrogens (tertiary/aromatic N) is 2. The number of benzene rings is 3. The number of carbonyl (C=O) groups is 1. The Kier molecular flexibility index (Phi) is 6.66. The predicted molar refractivity (Wildman–Crippen MR) is 127 cm³/mol. The van der Waals surface area contributed by atoms with Crippen molar-refractivity contribution in [2.45, 2.75) is 19.4 Å². The van der Waals surface area contributed by atoms with E-state index in [2.05, 4.69) is 16.5 Å². The van der Waals surface area contributed by atoms with Crippen LogP contribution in [0.4, 0.5) is 5.82 Å². The monoisotopic (exact) mass is 447 g/mol. The molecule has 164 valence electrons. The number of hydrogen-bond acceptors (Lipinski definition) is 4. The Hall–Kier alpha value is -3.45. The van der Waals surface area contributed by atoms with E-state index in [0.717, 1.165) is 21.9 Å². The van der Waals surface area contributed by atoms with Crippen LogP contribution in [0.5, 0.6) is 0 Å². The van der Waals surface area contributed by atoms with Crippen LogP contribution >= 0.6 is 0 Å². The second-order valence-electron chi connectivity index (χ2n) is 7.74. The smallest absolute Gasteiger partial charge is 0.240 e. The lowest BCUT2D eigenvalue weighted by Crippen LogP contribution is -2.26. The first kappa shape index (κ1) is 21.8. The summed E-state index contributed by atoms with van der Waals surface area (Å²) in [5.41, 5.74) is 2.15. The van der Waals surface area contributed by atoms with Gasteiger partial charge in [-0.1, -0.05) is 72.8 Å². The fourth-order valence-electron chi connectivity index (χ4n) is 3.75. The number of carbonyl (C=O) groups excluding carboxylic acids is 1. The van der Waals surface area contributed by atoms with Gasteiger partial charge in [-0.2, -0.15) is 5.10 Å². The van der Waals surface area contributed by atoms with Gasteiger partial charge in [-0.25, -0.2) is 13.1 Å². The maximum absolute atomic E-state index is 12.4. The number of fused-ring (bicyclic) bond motifs is 1. The van der Waals surface area contributed by atoms with E-state index in [9.17, 15) is 13.2 Å². The summed E-state index contributed by atoms with van der Waals surface area (Å²) < 4.78 is 26.5. The highest BCUT2D eigenvalue weighted by molar-refractivity contribution is 7.92. The molecule has 0 fully saturated rings. The average molecular weight is 448 g/mol. The summed E-state index contributed by atoms with van der Waals surface area (Å²) in [4.78, 5) is 12.4. The third kappa shape index (κ3) is 5.62. The van der Waals surface area contributed by atoms with Crippen molar-refractivity contribution in [1.82, 2.24) is 9.78 Å². The lowest BCUT2D eigenvalue weighted by atomic mass is 10.0. The highest BCUT2D eigenvalue weighted by Gasteiger charge is 2.18. The van der Waals surface area contributed by atoms with Crippen LogP contribution in [0.15, 0.2) is 85.1 Å². The molecule has 0 unspecified atom stereocenters. The molecular weight excluding hydrogens is 422 g/mol. The molecule has 0 aliphatic heterocycles. The fraction of sp³-hybridized carbons (Fsp3) is 0.200. The summed E-state index contributed by atoms with van der Waals surface area (Å²) in [7, 11) is -3.50. The summed E-state index contributed by atoms with van der Waals surface area (Å²) in [6.07, 6.45) is 2.74. The molecule has 0 saturated heterocycles. The quantitative estimate of drug-likeness (QED) is 0.419. The molecule has 4 rings (SSSR count). The van der Waals surface area contributed by atoms with Crippen LogP contribution in [-0.2, 0) is 27.6 Å². The number of sulfone groups is 1. The second kappa shape index (κ2) is 9.78. The molecule has 0 saturated carbocycles. The van der Waals surface area contributed by atoms with Gasteiger partial charge in [-0.3, -0.25) is 4.79 Å². The number of nitrogens with one attached hydrogen (secondary N) is 1. The van der Waals surface area contributed by atoms with Gasteiger partial charge in [0, 0.05) is 6.07 Å². The molecule has 1 heterocycles. The van der Waals surface area contributed by atoms with Gasteiger partial charge < -0.3 is 5.32 Å². The molecular formula is C25H25N3O3S. The van der Waals surface area contributed by atoms with Crippen molar-refractivity contribution < 1.29 is 13.2 Å². The molecule has 1 aromatic heterocycles. The number of aryl methyl sites for hydroxylation is 1. The first-order valence-electron chi connectivity index (χ1n) is 10.5. The van der Waals surface area contributed by atoms with E-state index in [-0.39, 0.29) is 5.75 Å². The van der Waals surface area contributed by atoms with Crippen LogP contribution in [-0.4, -0.2) is 35.6 Å². The summed E-state index contributed by atoms with van der Waals surface area (Å²) in [5, 5.41) is 9.25. The summed E-state index contributed by atoms with van der Waals surface area (Å²) in [6.45, 7) is 0.466. The van der Waals surface area contributed by atoms with Crippen molar-refractivity contribution in [2.24, 2.45) is 0 Å². The Balaban J connectivity index is 1.36. The molecule has 7 heteroatoms. The van der Waals surface area contributed by atoms with Gasteiger partial charge in [0.1, 0.15) is 11.6 Å². The van der Waals surface area contributed by atoms with Gasteiger partial charge in [-0.05, 0) is 34.7 Å². The molecule has 0 aliphatic carbocycles. The van der Waals surface area contributed by atoms with Gasteiger partial charge in [0.2, 0.25) is 5.91 Å².